The summed E-state index contributed by atoms with van der Waals surface area (Å²) in [6.07, 6.45) is 1.71. The smallest absolute Gasteiger partial charge is 0.211 e. The van der Waals surface area contributed by atoms with E-state index in [9.17, 15) is 9.90 Å². The van der Waals surface area contributed by atoms with Crippen LogP contribution in [0.25, 0.3) is 6.08 Å². The summed E-state index contributed by atoms with van der Waals surface area (Å²) in [7, 11) is 1.49. The average Bonchev–Trinajstić information content (AvgIpc) is 2.76. The maximum absolute atomic E-state index is 12.2. The number of phenolic OH excluding ortho intramolecular Hbond substituents is 1. The quantitative estimate of drug-likeness (QED) is 0.821. The van der Waals surface area contributed by atoms with Crippen molar-refractivity contribution in [1.82, 2.24) is 0 Å². The molecule has 0 amide bonds. The van der Waals surface area contributed by atoms with Crippen molar-refractivity contribution in [2.24, 2.45) is 0 Å². The lowest BCUT2D eigenvalue weighted by molar-refractivity contribution is 0.104. The number of fused-ring (bicyclic) bond motifs is 1. The number of ether oxygens (including phenoxy) is 1. The molecule has 4 heteroatoms. The number of benzene rings is 2. The van der Waals surface area contributed by atoms with Crippen LogP contribution in [0.5, 0.6) is 11.5 Å². The Bertz CT molecular complexity index is 719. The predicted octanol–water partition coefficient (Wildman–Crippen LogP) is 3.05. The van der Waals surface area contributed by atoms with E-state index in [0.29, 0.717) is 17.0 Å². The number of carbonyl (C=O) groups excluding carboxylic acids is 1. The third kappa shape index (κ3) is 2.01. The van der Waals surface area contributed by atoms with E-state index in [1.165, 1.54) is 7.11 Å². The Morgan fingerprint density at radius 3 is 2.70 bits per heavy atom. The fourth-order valence-corrected chi connectivity index (χ4v) is 2.20. The highest BCUT2D eigenvalue weighted by atomic mass is 16.5. The fraction of sp³-hybridized carbons (Fsp3) is 0.0625. The van der Waals surface area contributed by atoms with Gasteiger partial charge in [-0.2, -0.15) is 0 Å². The summed E-state index contributed by atoms with van der Waals surface area (Å²) in [6, 6.07) is 12.4. The van der Waals surface area contributed by atoms with Crippen molar-refractivity contribution in [3.05, 3.63) is 59.3 Å². The van der Waals surface area contributed by atoms with Gasteiger partial charge in [0.25, 0.3) is 0 Å². The zero-order valence-corrected chi connectivity index (χ0v) is 10.9. The van der Waals surface area contributed by atoms with Crippen LogP contribution < -0.4 is 10.1 Å². The number of hydrogen-bond acceptors (Lipinski definition) is 4. The molecule has 4 nitrogen and oxygen atoms in total. The first kappa shape index (κ1) is 12.3. The number of aromatic hydroxyl groups is 1. The Balaban J connectivity index is 1.95. The second kappa shape index (κ2) is 4.74. The SMILES string of the molecule is COc1ccc(/C=C2\Nc3ccccc3C2=O)cc1O. The molecule has 0 aromatic heterocycles. The molecular weight excluding hydrogens is 254 g/mol. The number of anilines is 1. The van der Waals surface area contributed by atoms with Crippen molar-refractivity contribution in [2.75, 3.05) is 12.4 Å². The normalized spacial score (nSPS) is 15.1. The second-order valence-electron chi connectivity index (χ2n) is 4.49. The van der Waals surface area contributed by atoms with E-state index in [1.807, 2.05) is 18.2 Å². The number of hydrogen-bond donors (Lipinski definition) is 2. The van der Waals surface area contributed by atoms with Crippen LogP contribution in [-0.4, -0.2) is 18.0 Å². The summed E-state index contributed by atoms with van der Waals surface area (Å²) in [5.74, 6) is 0.405. The van der Waals surface area contributed by atoms with Crippen molar-refractivity contribution in [3.8, 4) is 11.5 Å². The van der Waals surface area contributed by atoms with Gasteiger partial charge in [0.1, 0.15) is 0 Å². The number of Topliss-reactive ketones (excluding diaryl/α,β-unsaturated/α-hetero) is 1. The fourth-order valence-electron chi connectivity index (χ4n) is 2.20. The van der Waals surface area contributed by atoms with Crippen LogP contribution >= 0.6 is 0 Å². The highest BCUT2D eigenvalue weighted by Gasteiger charge is 2.23. The molecule has 20 heavy (non-hydrogen) atoms. The zero-order valence-electron chi connectivity index (χ0n) is 10.9. The molecule has 1 aliphatic rings. The van der Waals surface area contributed by atoms with Crippen LogP contribution in [0.1, 0.15) is 15.9 Å². The van der Waals surface area contributed by atoms with E-state index in [2.05, 4.69) is 5.32 Å². The van der Waals surface area contributed by atoms with Crippen molar-refractivity contribution >= 4 is 17.5 Å². The maximum atomic E-state index is 12.2. The van der Waals surface area contributed by atoms with Crippen LogP contribution in [0.15, 0.2) is 48.2 Å². The van der Waals surface area contributed by atoms with Gasteiger partial charge in [-0.3, -0.25) is 4.79 Å². The van der Waals surface area contributed by atoms with E-state index < -0.39 is 0 Å². The molecule has 1 aliphatic heterocycles. The van der Waals surface area contributed by atoms with Crippen LogP contribution in [0, 0.1) is 0 Å². The minimum atomic E-state index is -0.0455. The van der Waals surface area contributed by atoms with Gasteiger partial charge in [0.15, 0.2) is 11.5 Å². The van der Waals surface area contributed by atoms with Gasteiger partial charge in [0.2, 0.25) is 5.78 Å². The molecule has 100 valence electrons. The van der Waals surface area contributed by atoms with Crippen LogP contribution in [0.4, 0.5) is 5.69 Å². The maximum Gasteiger partial charge on any atom is 0.211 e. The molecule has 0 atom stereocenters. The molecule has 2 aromatic rings. The second-order valence-corrected chi connectivity index (χ2v) is 4.49. The topological polar surface area (TPSA) is 58.6 Å². The Morgan fingerprint density at radius 2 is 2.00 bits per heavy atom. The third-order valence-corrected chi connectivity index (χ3v) is 3.20. The summed E-state index contributed by atoms with van der Waals surface area (Å²) < 4.78 is 4.99. The molecule has 0 unspecified atom stereocenters. The van der Waals surface area contributed by atoms with Crippen LogP contribution in [0.2, 0.25) is 0 Å². The number of rotatable bonds is 2. The summed E-state index contributed by atoms with van der Waals surface area (Å²) in [4.78, 5) is 12.2. The first-order valence-corrected chi connectivity index (χ1v) is 6.18. The lowest BCUT2D eigenvalue weighted by Gasteiger charge is -2.04. The first-order valence-electron chi connectivity index (χ1n) is 6.18. The van der Waals surface area contributed by atoms with Crippen molar-refractivity contribution in [2.45, 2.75) is 0 Å². The molecule has 0 saturated heterocycles. The number of nitrogens with one attached hydrogen (secondary N) is 1. The van der Waals surface area contributed by atoms with Gasteiger partial charge in [-0.25, -0.2) is 0 Å². The molecule has 0 saturated carbocycles. The molecule has 0 spiro atoms. The first-order chi connectivity index (χ1) is 9.69. The zero-order chi connectivity index (χ0) is 14.1. The molecule has 3 rings (SSSR count). The van der Waals surface area contributed by atoms with Gasteiger partial charge in [-0.1, -0.05) is 18.2 Å². The Labute approximate surface area is 116 Å². The monoisotopic (exact) mass is 267 g/mol. The average molecular weight is 267 g/mol. The Morgan fingerprint density at radius 1 is 1.20 bits per heavy atom. The van der Waals surface area contributed by atoms with Crippen molar-refractivity contribution in [3.63, 3.8) is 0 Å². The number of carbonyl (C=O) groups is 1. The predicted molar refractivity (Wildman–Crippen MR) is 77.0 cm³/mol. The number of para-hydroxylation sites is 1. The van der Waals surface area contributed by atoms with E-state index in [-0.39, 0.29) is 11.5 Å². The molecule has 0 bridgehead atoms. The van der Waals surface area contributed by atoms with Gasteiger partial charge >= 0.3 is 0 Å². The molecule has 0 fully saturated rings. The number of allylic oxidation sites excluding steroid dienone is 1. The molecular formula is C16H13NO3. The molecule has 1 heterocycles. The highest BCUT2D eigenvalue weighted by molar-refractivity contribution is 6.20. The number of phenols is 1. The van der Waals surface area contributed by atoms with Crippen molar-refractivity contribution in [1.29, 1.82) is 0 Å². The van der Waals surface area contributed by atoms with Crippen LogP contribution in [0.3, 0.4) is 0 Å². The number of ketones is 1. The summed E-state index contributed by atoms with van der Waals surface area (Å²) >= 11 is 0. The Hall–Kier alpha value is -2.75. The lowest BCUT2D eigenvalue weighted by atomic mass is 10.1. The van der Waals surface area contributed by atoms with E-state index in [0.717, 1.165) is 11.3 Å². The third-order valence-electron chi connectivity index (χ3n) is 3.20. The minimum Gasteiger partial charge on any atom is -0.504 e. The Kier molecular flexibility index (Phi) is 2.91. The summed E-state index contributed by atoms with van der Waals surface area (Å²) in [5, 5.41) is 12.8. The van der Waals surface area contributed by atoms with Gasteiger partial charge in [-0.05, 0) is 35.9 Å². The lowest BCUT2D eigenvalue weighted by Crippen LogP contribution is -1.99. The van der Waals surface area contributed by atoms with Gasteiger partial charge in [0.05, 0.1) is 12.8 Å². The number of methoxy groups -OCH3 is 1. The minimum absolute atomic E-state index is 0.0455. The van der Waals surface area contributed by atoms with Crippen molar-refractivity contribution < 1.29 is 14.6 Å². The highest BCUT2D eigenvalue weighted by Crippen LogP contribution is 2.31. The largest absolute Gasteiger partial charge is 0.504 e. The van der Waals surface area contributed by atoms with E-state index >= 15 is 0 Å². The van der Waals surface area contributed by atoms with E-state index in [4.69, 9.17) is 4.74 Å². The van der Waals surface area contributed by atoms with Crippen LogP contribution in [-0.2, 0) is 0 Å². The molecule has 2 aromatic carbocycles. The summed E-state index contributed by atoms with van der Waals surface area (Å²) in [6.45, 7) is 0. The standard InChI is InChI=1S/C16H13NO3/c1-20-15-7-6-10(9-14(15)18)8-13-16(19)11-4-2-3-5-12(11)17-13/h2-9,17-18H,1H3/b13-8-. The van der Waals surface area contributed by atoms with Gasteiger partial charge in [-0.15, -0.1) is 0 Å². The van der Waals surface area contributed by atoms with Gasteiger partial charge < -0.3 is 15.2 Å². The van der Waals surface area contributed by atoms with Gasteiger partial charge in [0, 0.05) is 11.3 Å². The molecule has 0 radical (unpaired) electrons. The van der Waals surface area contributed by atoms with E-state index in [1.54, 1.807) is 30.3 Å². The molecule has 0 aliphatic carbocycles. The molecule has 2 N–H and O–H groups in total. The summed E-state index contributed by atoms with van der Waals surface area (Å²) in [5.41, 5.74) is 2.70.